The van der Waals surface area contributed by atoms with Gasteiger partial charge in [0, 0.05) is 16.6 Å². The van der Waals surface area contributed by atoms with E-state index in [1.165, 1.54) is 17.0 Å². The molecule has 0 heterocycles. The highest BCUT2D eigenvalue weighted by Gasteiger charge is 2.30. The summed E-state index contributed by atoms with van der Waals surface area (Å²) in [5.74, 6) is -0.351. The first-order valence-corrected chi connectivity index (χ1v) is 10.6. The number of carbonyl (C=O) groups is 2. The molecular weight excluding hydrogens is 451 g/mol. The van der Waals surface area contributed by atoms with Gasteiger partial charge >= 0.3 is 0 Å². The Labute approximate surface area is 185 Å². The number of benzene rings is 2. The predicted molar refractivity (Wildman–Crippen MR) is 119 cm³/mol. The molecule has 0 aliphatic rings. The molecule has 0 aromatic heterocycles. The fourth-order valence-corrected chi connectivity index (χ4v) is 3.18. The van der Waals surface area contributed by atoms with Crippen LogP contribution in [-0.4, -0.2) is 34.9 Å². The molecular formula is C23H28BrFN2O3. The van der Waals surface area contributed by atoms with Gasteiger partial charge in [-0.05, 0) is 69.2 Å². The van der Waals surface area contributed by atoms with E-state index in [1.54, 1.807) is 24.3 Å². The Balaban J connectivity index is 2.21. The lowest BCUT2D eigenvalue weighted by Gasteiger charge is -2.33. The Kier molecular flexibility index (Phi) is 8.41. The third-order valence-corrected chi connectivity index (χ3v) is 4.85. The van der Waals surface area contributed by atoms with Gasteiger partial charge in [-0.15, -0.1) is 0 Å². The Hall–Kier alpha value is -2.41. The summed E-state index contributed by atoms with van der Waals surface area (Å²) in [7, 11) is 0. The Morgan fingerprint density at radius 2 is 1.70 bits per heavy atom. The molecule has 2 rings (SSSR count). The van der Waals surface area contributed by atoms with Gasteiger partial charge in [0.1, 0.15) is 17.6 Å². The monoisotopic (exact) mass is 478 g/mol. The number of amides is 2. The van der Waals surface area contributed by atoms with Crippen molar-refractivity contribution in [3.8, 4) is 5.75 Å². The summed E-state index contributed by atoms with van der Waals surface area (Å²) in [6.07, 6.45) is 0.438. The van der Waals surface area contributed by atoms with Crippen molar-refractivity contribution in [3.63, 3.8) is 0 Å². The van der Waals surface area contributed by atoms with Crippen LogP contribution in [0.1, 0.15) is 39.7 Å². The van der Waals surface area contributed by atoms with Crippen molar-refractivity contribution in [3.05, 3.63) is 64.4 Å². The van der Waals surface area contributed by atoms with Crippen LogP contribution in [0.5, 0.6) is 5.75 Å². The fourth-order valence-electron chi connectivity index (χ4n) is 2.92. The van der Waals surface area contributed by atoms with Gasteiger partial charge in [-0.1, -0.05) is 35.0 Å². The van der Waals surface area contributed by atoms with E-state index in [0.29, 0.717) is 12.2 Å². The number of nitrogens with zero attached hydrogens (tertiary/aromatic N) is 1. The maximum atomic E-state index is 13.3. The van der Waals surface area contributed by atoms with E-state index in [1.807, 2.05) is 39.8 Å². The van der Waals surface area contributed by atoms with Crippen LogP contribution >= 0.6 is 15.9 Å². The smallest absolute Gasteiger partial charge is 0.261 e. The third-order valence-electron chi connectivity index (χ3n) is 4.33. The molecule has 162 valence electrons. The van der Waals surface area contributed by atoms with Gasteiger partial charge in [-0.3, -0.25) is 9.59 Å². The number of rotatable bonds is 8. The molecule has 30 heavy (non-hydrogen) atoms. The first kappa shape index (κ1) is 23.9. The van der Waals surface area contributed by atoms with Gasteiger partial charge in [-0.2, -0.15) is 0 Å². The summed E-state index contributed by atoms with van der Waals surface area (Å²) in [4.78, 5) is 27.4. The minimum Gasteiger partial charge on any atom is -0.484 e. The SMILES string of the molecule is CC[C@@H](C(=O)NC(C)(C)C)N(Cc1ccc(F)cc1)C(=O)COc1ccc(Br)cc1. The highest BCUT2D eigenvalue weighted by atomic mass is 79.9. The molecule has 0 unspecified atom stereocenters. The molecule has 0 saturated heterocycles. The van der Waals surface area contributed by atoms with Crippen LogP contribution in [0.25, 0.3) is 0 Å². The molecule has 2 amide bonds. The standard InChI is InChI=1S/C23H28BrFN2O3/c1-5-20(22(29)26-23(2,3)4)27(14-16-6-10-18(25)11-7-16)21(28)15-30-19-12-8-17(24)9-13-19/h6-13,20H,5,14-15H2,1-4H3,(H,26,29)/t20-/m0/s1. The lowest BCUT2D eigenvalue weighted by atomic mass is 10.1. The van der Waals surface area contributed by atoms with Crippen molar-refractivity contribution in [1.29, 1.82) is 0 Å². The molecule has 0 spiro atoms. The maximum Gasteiger partial charge on any atom is 0.261 e. The van der Waals surface area contributed by atoms with Crippen LogP contribution in [0.2, 0.25) is 0 Å². The van der Waals surface area contributed by atoms with E-state index in [4.69, 9.17) is 4.74 Å². The maximum absolute atomic E-state index is 13.3. The van der Waals surface area contributed by atoms with E-state index < -0.39 is 11.6 Å². The zero-order chi connectivity index (χ0) is 22.3. The van der Waals surface area contributed by atoms with Gasteiger partial charge in [0.15, 0.2) is 6.61 Å². The van der Waals surface area contributed by atoms with Crippen LogP contribution in [0.4, 0.5) is 4.39 Å². The fraction of sp³-hybridized carbons (Fsp3) is 0.391. The van der Waals surface area contributed by atoms with Crippen molar-refractivity contribution in [1.82, 2.24) is 10.2 Å². The zero-order valence-corrected chi connectivity index (χ0v) is 19.3. The summed E-state index contributed by atoms with van der Waals surface area (Å²) in [6.45, 7) is 7.50. The number of halogens is 2. The number of hydrogen-bond donors (Lipinski definition) is 1. The topological polar surface area (TPSA) is 58.6 Å². The van der Waals surface area contributed by atoms with Crippen molar-refractivity contribution in [2.75, 3.05) is 6.61 Å². The number of carbonyl (C=O) groups excluding carboxylic acids is 2. The zero-order valence-electron chi connectivity index (χ0n) is 17.7. The lowest BCUT2D eigenvalue weighted by Crippen LogP contribution is -2.54. The highest BCUT2D eigenvalue weighted by molar-refractivity contribution is 9.10. The van der Waals surface area contributed by atoms with E-state index in [-0.39, 0.29) is 30.8 Å². The van der Waals surface area contributed by atoms with Crippen LogP contribution in [0, 0.1) is 5.82 Å². The lowest BCUT2D eigenvalue weighted by molar-refractivity contribution is -0.143. The molecule has 5 nitrogen and oxygen atoms in total. The normalized spacial score (nSPS) is 12.2. The van der Waals surface area contributed by atoms with E-state index in [0.717, 1.165) is 10.0 Å². The van der Waals surface area contributed by atoms with Crippen molar-refractivity contribution in [2.24, 2.45) is 0 Å². The average Bonchev–Trinajstić information content (AvgIpc) is 2.67. The average molecular weight is 479 g/mol. The van der Waals surface area contributed by atoms with Crippen LogP contribution in [-0.2, 0) is 16.1 Å². The molecule has 0 radical (unpaired) electrons. The minimum atomic E-state index is -0.671. The Morgan fingerprint density at radius 3 is 2.23 bits per heavy atom. The van der Waals surface area contributed by atoms with Gasteiger partial charge in [0.2, 0.25) is 5.91 Å². The summed E-state index contributed by atoms with van der Waals surface area (Å²) in [5, 5.41) is 2.94. The third kappa shape index (κ3) is 7.44. The number of hydrogen-bond acceptors (Lipinski definition) is 3. The number of ether oxygens (including phenoxy) is 1. The molecule has 1 N–H and O–H groups in total. The summed E-state index contributed by atoms with van der Waals surface area (Å²) in [5.41, 5.74) is 0.304. The van der Waals surface area contributed by atoms with E-state index in [2.05, 4.69) is 21.2 Å². The molecule has 0 bridgehead atoms. The molecule has 0 aliphatic carbocycles. The number of nitrogens with one attached hydrogen (secondary N) is 1. The molecule has 1 atom stereocenters. The Morgan fingerprint density at radius 1 is 1.10 bits per heavy atom. The minimum absolute atomic E-state index is 0.179. The molecule has 0 fully saturated rings. The Bertz CT molecular complexity index is 848. The molecule has 0 saturated carbocycles. The van der Waals surface area contributed by atoms with Crippen LogP contribution in [0.15, 0.2) is 53.0 Å². The van der Waals surface area contributed by atoms with Gasteiger partial charge in [-0.25, -0.2) is 4.39 Å². The van der Waals surface area contributed by atoms with Crippen LogP contribution < -0.4 is 10.1 Å². The van der Waals surface area contributed by atoms with Crippen molar-refractivity contribution in [2.45, 2.75) is 52.2 Å². The molecule has 7 heteroatoms. The van der Waals surface area contributed by atoms with Gasteiger partial charge in [0.05, 0.1) is 0 Å². The first-order valence-electron chi connectivity index (χ1n) is 9.83. The van der Waals surface area contributed by atoms with Gasteiger partial charge < -0.3 is 15.0 Å². The quantitative estimate of drug-likeness (QED) is 0.598. The second kappa shape index (κ2) is 10.6. The predicted octanol–water partition coefficient (Wildman–Crippen LogP) is 4.69. The second-order valence-electron chi connectivity index (χ2n) is 8.05. The highest BCUT2D eigenvalue weighted by Crippen LogP contribution is 2.18. The molecule has 0 aliphatic heterocycles. The van der Waals surface area contributed by atoms with E-state index in [9.17, 15) is 14.0 Å². The molecule has 2 aromatic rings. The largest absolute Gasteiger partial charge is 0.484 e. The van der Waals surface area contributed by atoms with Crippen molar-refractivity contribution < 1.29 is 18.7 Å². The summed E-state index contributed by atoms with van der Waals surface area (Å²) >= 11 is 3.36. The van der Waals surface area contributed by atoms with E-state index >= 15 is 0 Å². The summed E-state index contributed by atoms with van der Waals surface area (Å²) < 4.78 is 19.8. The van der Waals surface area contributed by atoms with Crippen LogP contribution in [0.3, 0.4) is 0 Å². The summed E-state index contributed by atoms with van der Waals surface area (Å²) in [6, 6.07) is 12.4. The molecule has 2 aromatic carbocycles. The second-order valence-corrected chi connectivity index (χ2v) is 8.97. The first-order chi connectivity index (χ1) is 14.1. The van der Waals surface area contributed by atoms with Gasteiger partial charge in [0.25, 0.3) is 5.91 Å². The van der Waals surface area contributed by atoms with Crippen molar-refractivity contribution >= 4 is 27.7 Å².